The monoisotopic (exact) mass is 539 g/mol. The molecule has 2 aliphatic rings. The molecule has 2 saturated heterocycles. The second-order valence-corrected chi connectivity index (χ2v) is 8.36. The van der Waals surface area contributed by atoms with Crippen LogP contribution in [0.3, 0.4) is 0 Å². The number of nitrogens with one attached hydrogen (secondary N) is 1. The minimum atomic E-state index is 0. The Kier molecular flexibility index (Phi) is 8.35. The molecule has 1 aromatic heterocycles. The molecule has 2 fully saturated rings. The first-order valence-electron chi connectivity index (χ1n) is 10.8. The molecule has 0 saturated carbocycles. The van der Waals surface area contributed by atoms with E-state index >= 15 is 0 Å². The Morgan fingerprint density at radius 3 is 2.71 bits per heavy atom. The van der Waals surface area contributed by atoms with Crippen molar-refractivity contribution >= 4 is 29.9 Å². The largest absolute Gasteiger partial charge is 0.381 e. The maximum absolute atomic E-state index is 6.01. The van der Waals surface area contributed by atoms with Crippen LogP contribution >= 0.6 is 24.0 Å². The third-order valence-electron chi connectivity index (χ3n) is 6.43. The fourth-order valence-electron chi connectivity index (χ4n) is 4.70. The van der Waals surface area contributed by atoms with E-state index < -0.39 is 0 Å². The molecule has 8 heteroatoms. The van der Waals surface area contributed by atoms with Crippen molar-refractivity contribution in [1.82, 2.24) is 20.0 Å². The number of rotatable bonds is 4. The predicted octanol–water partition coefficient (Wildman–Crippen LogP) is 3.04. The summed E-state index contributed by atoms with van der Waals surface area (Å²) in [5.74, 6) is 0.937. The molecule has 0 radical (unpaired) electrons. The quantitative estimate of drug-likeness (QED) is 0.368. The average molecular weight is 539 g/mol. The number of nitrogens with zero attached hydrogens (tertiary/aromatic N) is 4. The summed E-state index contributed by atoms with van der Waals surface area (Å²) in [6, 6.07) is 8.75. The van der Waals surface area contributed by atoms with Crippen LogP contribution < -0.4 is 5.32 Å². The molecular weight excluding hydrogens is 505 g/mol. The average Bonchev–Trinajstić information content (AvgIpc) is 3.22. The van der Waals surface area contributed by atoms with Crippen LogP contribution in [0.25, 0.3) is 0 Å². The van der Waals surface area contributed by atoms with E-state index in [0.717, 1.165) is 57.2 Å². The van der Waals surface area contributed by atoms with Crippen molar-refractivity contribution < 1.29 is 9.47 Å². The van der Waals surface area contributed by atoms with Crippen LogP contribution in [-0.4, -0.2) is 67.1 Å². The normalized spacial score (nSPS) is 21.5. The lowest BCUT2D eigenvalue weighted by Crippen LogP contribution is -2.52. The third kappa shape index (κ3) is 5.40. The minimum Gasteiger partial charge on any atom is -0.381 e. The van der Waals surface area contributed by atoms with Gasteiger partial charge < -0.3 is 19.7 Å². The van der Waals surface area contributed by atoms with Crippen molar-refractivity contribution in [1.29, 1.82) is 0 Å². The van der Waals surface area contributed by atoms with Gasteiger partial charge in [-0.2, -0.15) is 5.10 Å². The fraction of sp³-hybridized carbons (Fsp3) is 0.565. The number of halogens is 1. The highest BCUT2D eigenvalue weighted by atomic mass is 127. The molecule has 2 aromatic rings. The van der Waals surface area contributed by atoms with Gasteiger partial charge in [0.25, 0.3) is 0 Å². The molecule has 2 aliphatic heterocycles. The topological polar surface area (TPSA) is 63.9 Å². The predicted molar refractivity (Wildman–Crippen MR) is 133 cm³/mol. The zero-order valence-corrected chi connectivity index (χ0v) is 21.0. The summed E-state index contributed by atoms with van der Waals surface area (Å²) in [7, 11) is 3.80. The van der Waals surface area contributed by atoms with Crippen molar-refractivity contribution in [3.8, 4) is 0 Å². The van der Waals surface area contributed by atoms with Crippen LogP contribution in [0.15, 0.2) is 41.7 Å². The van der Waals surface area contributed by atoms with Gasteiger partial charge in [-0.1, -0.05) is 24.3 Å². The minimum absolute atomic E-state index is 0. The number of guanidine groups is 1. The fourth-order valence-corrected chi connectivity index (χ4v) is 4.70. The van der Waals surface area contributed by atoms with Gasteiger partial charge in [0.05, 0.1) is 19.3 Å². The van der Waals surface area contributed by atoms with Gasteiger partial charge in [-0.25, -0.2) is 0 Å². The Hall–Kier alpha value is -1.65. The van der Waals surface area contributed by atoms with Crippen LogP contribution in [0.2, 0.25) is 0 Å². The van der Waals surface area contributed by atoms with Crippen LogP contribution in [0, 0.1) is 6.92 Å². The summed E-state index contributed by atoms with van der Waals surface area (Å²) in [4.78, 5) is 6.90. The van der Waals surface area contributed by atoms with Crippen molar-refractivity contribution in [2.45, 2.75) is 31.3 Å². The molecule has 170 valence electrons. The standard InChI is InChI=1S/C23H33N5O2.HI/c1-18-6-4-5-7-20(18)23(8-11-29-12-9-23)17-25-22(24-2)28-10-13-30-21(16-28)19-14-26-27(3)15-19;/h4-7,14-15,21H,8-13,16-17H2,1-3H3,(H,24,25);1H. The van der Waals surface area contributed by atoms with E-state index in [2.05, 4.69) is 51.5 Å². The van der Waals surface area contributed by atoms with E-state index in [1.807, 2.05) is 31.2 Å². The molecule has 0 amide bonds. The van der Waals surface area contributed by atoms with Crippen molar-refractivity contribution in [3.63, 3.8) is 0 Å². The van der Waals surface area contributed by atoms with E-state index in [1.165, 1.54) is 11.1 Å². The lowest BCUT2D eigenvalue weighted by molar-refractivity contribution is -0.00835. The number of morpholine rings is 1. The van der Waals surface area contributed by atoms with E-state index in [4.69, 9.17) is 9.47 Å². The number of aliphatic imine (C=N–C) groups is 1. The van der Waals surface area contributed by atoms with Crippen LogP contribution in [0.1, 0.15) is 35.6 Å². The molecule has 4 rings (SSSR count). The number of benzene rings is 1. The van der Waals surface area contributed by atoms with Gasteiger partial charge in [-0.3, -0.25) is 9.67 Å². The van der Waals surface area contributed by atoms with Crippen LogP contribution in [0.5, 0.6) is 0 Å². The van der Waals surface area contributed by atoms with Gasteiger partial charge in [0.15, 0.2) is 5.96 Å². The van der Waals surface area contributed by atoms with Crippen molar-refractivity contribution in [2.75, 3.05) is 46.5 Å². The number of ether oxygens (including phenoxy) is 2. The Morgan fingerprint density at radius 2 is 2.03 bits per heavy atom. The molecule has 1 atom stereocenters. The molecular formula is C23H34IN5O2. The molecule has 1 aromatic carbocycles. The smallest absolute Gasteiger partial charge is 0.193 e. The summed E-state index contributed by atoms with van der Waals surface area (Å²) in [6.07, 6.45) is 5.96. The Labute approximate surface area is 202 Å². The highest BCUT2D eigenvalue weighted by Gasteiger charge is 2.36. The molecule has 31 heavy (non-hydrogen) atoms. The van der Waals surface area contributed by atoms with E-state index in [9.17, 15) is 0 Å². The maximum atomic E-state index is 6.01. The first-order chi connectivity index (χ1) is 14.6. The van der Waals surface area contributed by atoms with Gasteiger partial charge in [-0.15, -0.1) is 24.0 Å². The van der Waals surface area contributed by atoms with Gasteiger partial charge >= 0.3 is 0 Å². The number of aromatic nitrogens is 2. The highest BCUT2D eigenvalue weighted by Crippen LogP contribution is 2.36. The van der Waals surface area contributed by atoms with Gasteiger partial charge in [0.1, 0.15) is 6.10 Å². The summed E-state index contributed by atoms with van der Waals surface area (Å²) < 4.78 is 13.5. The maximum Gasteiger partial charge on any atom is 0.193 e. The first-order valence-corrected chi connectivity index (χ1v) is 10.8. The Morgan fingerprint density at radius 1 is 1.26 bits per heavy atom. The zero-order valence-electron chi connectivity index (χ0n) is 18.7. The summed E-state index contributed by atoms with van der Waals surface area (Å²) >= 11 is 0. The Bertz CT molecular complexity index is 878. The molecule has 3 heterocycles. The number of aryl methyl sites for hydroxylation is 2. The summed E-state index contributed by atoms with van der Waals surface area (Å²) in [5, 5.41) is 7.99. The molecule has 0 spiro atoms. The second kappa shape index (κ2) is 10.8. The Balaban J connectivity index is 0.00000272. The SMILES string of the molecule is CN=C(NCC1(c2ccccc2C)CCOCC1)N1CCOC(c2cnn(C)c2)C1.I. The molecule has 0 aliphatic carbocycles. The first kappa shape index (κ1) is 24.0. The van der Waals surface area contributed by atoms with E-state index in [1.54, 1.807) is 0 Å². The molecule has 7 nitrogen and oxygen atoms in total. The third-order valence-corrected chi connectivity index (χ3v) is 6.43. The lowest BCUT2D eigenvalue weighted by Gasteiger charge is -2.41. The lowest BCUT2D eigenvalue weighted by atomic mass is 9.72. The van der Waals surface area contributed by atoms with E-state index in [-0.39, 0.29) is 35.5 Å². The van der Waals surface area contributed by atoms with Crippen LogP contribution in [-0.2, 0) is 21.9 Å². The van der Waals surface area contributed by atoms with Gasteiger partial charge in [-0.05, 0) is 30.9 Å². The molecule has 1 N–H and O–H groups in total. The molecule has 0 bridgehead atoms. The van der Waals surface area contributed by atoms with E-state index in [0.29, 0.717) is 6.61 Å². The van der Waals surface area contributed by atoms with Crippen molar-refractivity contribution in [2.24, 2.45) is 12.0 Å². The molecule has 1 unspecified atom stereocenters. The summed E-state index contributed by atoms with van der Waals surface area (Å²) in [6.45, 7) is 6.94. The number of hydrogen-bond acceptors (Lipinski definition) is 4. The zero-order chi connectivity index (χ0) is 21.0. The summed E-state index contributed by atoms with van der Waals surface area (Å²) in [5.41, 5.74) is 3.94. The van der Waals surface area contributed by atoms with Crippen LogP contribution in [0.4, 0.5) is 0 Å². The van der Waals surface area contributed by atoms with Crippen molar-refractivity contribution in [3.05, 3.63) is 53.3 Å². The van der Waals surface area contributed by atoms with Gasteiger partial charge in [0, 0.05) is 57.6 Å². The highest BCUT2D eigenvalue weighted by molar-refractivity contribution is 14.0. The number of hydrogen-bond donors (Lipinski definition) is 1. The van der Waals surface area contributed by atoms with Gasteiger partial charge in [0.2, 0.25) is 0 Å². The second-order valence-electron chi connectivity index (χ2n) is 8.36.